The highest BCUT2D eigenvalue weighted by Crippen LogP contribution is 2.28. The van der Waals surface area contributed by atoms with Crippen LogP contribution in [0.15, 0.2) is 18.2 Å². The van der Waals surface area contributed by atoms with Crippen LogP contribution in [0.25, 0.3) is 0 Å². The molecule has 1 aliphatic heterocycles. The van der Waals surface area contributed by atoms with Crippen molar-refractivity contribution in [1.29, 1.82) is 0 Å². The van der Waals surface area contributed by atoms with Gasteiger partial charge in [0.15, 0.2) is 0 Å². The maximum atomic E-state index is 12.0. The molecular formula is C14H20ClN3O. The first-order chi connectivity index (χ1) is 8.88. The van der Waals surface area contributed by atoms with Gasteiger partial charge in [0.2, 0.25) is 5.91 Å². The highest BCUT2D eigenvalue weighted by Gasteiger charge is 2.32. The minimum Gasteiger partial charge on any atom is -0.397 e. The fourth-order valence-electron chi connectivity index (χ4n) is 2.45. The van der Waals surface area contributed by atoms with Gasteiger partial charge in [0.1, 0.15) is 0 Å². The topological polar surface area (TPSA) is 58.4 Å². The zero-order valence-corrected chi connectivity index (χ0v) is 12.1. The average Bonchev–Trinajstić information content (AvgIpc) is 2.63. The van der Waals surface area contributed by atoms with Crippen molar-refractivity contribution in [3.63, 3.8) is 0 Å². The van der Waals surface area contributed by atoms with Crippen LogP contribution >= 0.6 is 11.6 Å². The van der Waals surface area contributed by atoms with Gasteiger partial charge in [-0.15, -0.1) is 0 Å². The highest BCUT2D eigenvalue weighted by atomic mass is 35.5. The predicted molar refractivity (Wildman–Crippen MR) is 79.4 cm³/mol. The number of likely N-dealkylation sites (tertiary alicyclic amines) is 1. The van der Waals surface area contributed by atoms with E-state index in [0.717, 1.165) is 19.4 Å². The molecule has 1 aromatic carbocycles. The van der Waals surface area contributed by atoms with Gasteiger partial charge in [-0.25, -0.2) is 0 Å². The Balaban J connectivity index is 1.96. The van der Waals surface area contributed by atoms with E-state index < -0.39 is 0 Å². The summed E-state index contributed by atoms with van der Waals surface area (Å²) in [5, 5.41) is 3.35. The Kier molecular flexibility index (Phi) is 4.02. The van der Waals surface area contributed by atoms with Crippen molar-refractivity contribution < 1.29 is 4.79 Å². The molecule has 0 aliphatic carbocycles. The summed E-state index contributed by atoms with van der Waals surface area (Å²) >= 11 is 5.85. The van der Waals surface area contributed by atoms with Gasteiger partial charge in [-0.3, -0.25) is 9.69 Å². The quantitative estimate of drug-likeness (QED) is 0.838. The van der Waals surface area contributed by atoms with Crippen LogP contribution in [0.4, 0.5) is 11.4 Å². The Morgan fingerprint density at radius 2 is 2.26 bits per heavy atom. The van der Waals surface area contributed by atoms with Crippen molar-refractivity contribution in [1.82, 2.24) is 4.90 Å². The van der Waals surface area contributed by atoms with Crippen molar-refractivity contribution in [3.8, 4) is 0 Å². The number of hydrogen-bond acceptors (Lipinski definition) is 3. The van der Waals surface area contributed by atoms with Crippen molar-refractivity contribution in [2.75, 3.05) is 24.1 Å². The summed E-state index contributed by atoms with van der Waals surface area (Å²) in [6.45, 7) is 5.74. The third kappa shape index (κ3) is 3.39. The molecule has 0 bridgehead atoms. The van der Waals surface area contributed by atoms with Crippen LogP contribution in [-0.4, -0.2) is 29.4 Å². The first kappa shape index (κ1) is 14.2. The Bertz CT molecular complexity index is 488. The van der Waals surface area contributed by atoms with Gasteiger partial charge in [0.25, 0.3) is 0 Å². The zero-order chi connectivity index (χ0) is 14.0. The van der Waals surface area contributed by atoms with Gasteiger partial charge >= 0.3 is 0 Å². The largest absolute Gasteiger partial charge is 0.397 e. The number of carbonyl (C=O) groups excluding carboxylic acids is 1. The second-order valence-electron chi connectivity index (χ2n) is 5.62. The molecule has 19 heavy (non-hydrogen) atoms. The molecule has 0 atom stereocenters. The summed E-state index contributed by atoms with van der Waals surface area (Å²) in [4.78, 5) is 14.2. The van der Waals surface area contributed by atoms with Gasteiger partial charge in [-0.1, -0.05) is 11.6 Å². The van der Waals surface area contributed by atoms with Crippen molar-refractivity contribution in [2.24, 2.45) is 0 Å². The molecule has 5 heteroatoms. The molecular weight excluding hydrogens is 262 g/mol. The number of carbonyl (C=O) groups is 1. The summed E-state index contributed by atoms with van der Waals surface area (Å²) in [5.74, 6) is -0.0169. The smallest absolute Gasteiger partial charge is 0.238 e. The van der Waals surface area contributed by atoms with Crippen molar-refractivity contribution >= 4 is 28.9 Å². The number of rotatable bonds is 3. The molecule has 0 unspecified atom stereocenters. The standard InChI is InChI=1S/C14H20ClN3O/c1-14(2)6-3-7-18(14)9-13(19)17-10-4-5-11(15)12(16)8-10/h4-5,8H,3,6-7,9,16H2,1-2H3,(H,17,19). The maximum absolute atomic E-state index is 12.0. The second-order valence-corrected chi connectivity index (χ2v) is 6.03. The number of anilines is 2. The lowest BCUT2D eigenvalue weighted by Gasteiger charge is -2.30. The van der Waals surface area contributed by atoms with Crippen LogP contribution < -0.4 is 11.1 Å². The number of nitrogens with two attached hydrogens (primary N) is 1. The fourth-order valence-corrected chi connectivity index (χ4v) is 2.57. The van der Waals surface area contributed by atoms with E-state index >= 15 is 0 Å². The van der Waals surface area contributed by atoms with E-state index in [0.29, 0.717) is 22.9 Å². The zero-order valence-electron chi connectivity index (χ0n) is 11.4. The molecule has 1 heterocycles. The number of nitrogen functional groups attached to an aromatic ring is 1. The van der Waals surface area contributed by atoms with Crippen molar-refractivity contribution in [2.45, 2.75) is 32.2 Å². The molecule has 1 fully saturated rings. The first-order valence-corrected chi connectivity index (χ1v) is 6.86. The number of amides is 1. The third-order valence-corrected chi connectivity index (χ3v) is 4.03. The van der Waals surface area contributed by atoms with Crippen LogP contribution in [0, 0.1) is 0 Å². The lowest BCUT2D eigenvalue weighted by atomic mass is 10.0. The molecule has 2 rings (SSSR count). The summed E-state index contributed by atoms with van der Waals surface area (Å²) in [6, 6.07) is 5.12. The van der Waals surface area contributed by atoms with E-state index in [1.807, 2.05) is 0 Å². The molecule has 104 valence electrons. The molecule has 1 amide bonds. The van der Waals surface area contributed by atoms with Gasteiger partial charge in [-0.05, 0) is 51.4 Å². The van der Waals surface area contributed by atoms with Crippen LogP contribution in [0.2, 0.25) is 5.02 Å². The summed E-state index contributed by atoms with van der Waals surface area (Å²) in [6.07, 6.45) is 2.28. The van der Waals surface area contributed by atoms with E-state index in [4.69, 9.17) is 17.3 Å². The molecule has 1 aromatic rings. The van der Waals surface area contributed by atoms with Gasteiger partial charge in [0, 0.05) is 11.2 Å². The highest BCUT2D eigenvalue weighted by molar-refractivity contribution is 6.33. The number of halogens is 1. The normalized spacial score (nSPS) is 18.5. The van der Waals surface area contributed by atoms with E-state index in [1.165, 1.54) is 0 Å². The second kappa shape index (κ2) is 5.39. The van der Waals surface area contributed by atoms with E-state index in [2.05, 4.69) is 24.1 Å². The van der Waals surface area contributed by atoms with E-state index in [-0.39, 0.29) is 11.4 Å². The number of nitrogens with zero attached hydrogens (tertiary/aromatic N) is 1. The summed E-state index contributed by atoms with van der Waals surface area (Å²) in [7, 11) is 0. The Labute approximate surface area is 118 Å². The molecule has 3 N–H and O–H groups in total. The maximum Gasteiger partial charge on any atom is 0.238 e. The minimum absolute atomic E-state index is 0.0169. The SMILES string of the molecule is CC1(C)CCCN1CC(=O)Nc1ccc(Cl)c(N)c1. The lowest BCUT2D eigenvalue weighted by molar-refractivity contribution is -0.118. The fraction of sp³-hybridized carbons (Fsp3) is 0.500. The van der Waals surface area contributed by atoms with Crippen LogP contribution in [-0.2, 0) is 4.79 Å². The molecule has 1 aliphatic rings. The Morgan fingerprint density at radius 1 is 1.53 bits per heavy atom. The molecule has 0 aromatic heterocycles. The summed E-state index contributed by atoms with van der Waals surface area (Å²) < 4.78 is 0. The molecule has 1 saturated heterocycles. The third-order valence-electron chi connectivity index (χ3n) is 3.69. The van der Waals surface area contributed by atoms with Gasteiger partial charge in [-0.2, -0.15) is 0 Å². The molecule has 4 nitrogen and oxygen atoms in total. The summed E-state index contributed by atoms with van der Waals surface area (Å²) in [5.41, 5.74) is 6.97. The Morgan fingerprint density at radius 3 is 2.84 bits per heavy atom. The predicted octanol–water partition coefficient (Wildman–Crippen LogP) is 2.74. The number of nitrogens with one attached hydrogen (secondary N) is 1. The number of benzene rings is 1. The minimum atomic E-state index is -0.0169. The monoisotopic (exact) mass is 281 g/mol. The van der Waals surface area contributed by atoms with E-state index in [9.17, 15) is 4.79 Å². The number of hydrogen-bond donors (Lipinski definition) is 2. The molecule has 0 radical (unpaired) electrons. The van der Waals surface area contributed by atoms with Gasteiger partial charge in [0.05, 0.1) is 17.3 Å². The van der Waals surface area contributed by atoms with Crippen LogP contribution in [0.5, 0.6) is 0 Å². The first-order valence-electron chi connectivity index (χ1n) is 6.48. The molecule has 0 saturated carbocycles. The van der Waals surface area contributed by atoms with Crippen molar-refractivity contribution in [3.05, 3.63) is 23.2 Å². The lowest BCUT2D eigenvalue weighted by Crippen LogP contribution is -2.42. The van der Waals surface area contributed by atoms with E-state index in [1.54, 1.807) is 18.2 Å². The van der Waals surface area contributed by atoms with Crippen LogP contribution in [0.3, 0.4) is 0 Å². The van der Waals surface area contributed by atoms with Crippen LogP contribution in [0.1, 0.15) is 26.7 Å². The Hall–Kier alpha value is -1.26. The van der Waals surface area contributed by atoms with Gasteiger partial charge < -0.3 is 11.1 Å². The molecule has 0 spiro atoms. The average molecular weight is 282 g/mol.